The molecule has 170 valence electrons. The molecule has 0 amide bonds. The standard InChI is InChI=1S/C27H40N2O2/c1-5-6-7-8-12-23-19-28-26(29-20-23)24-13-15-25(16-14-24)27(30)31-18-17-22(4)11-9-10-21(2)3/h13-16,19-22H,5-12,17-18H2,1-4H3. The summed E-state index contributed by atoms with van der Waals surface area (Å²) < 4.78 is 5.47. The van der Waals surface area contributed by atoms with Gasteiger partial charge in [0.1, 0.15) is 0 Å². The third-order valence-corrected chi connectivity index (χ3v) is 5.73. The molecule has 0 saturated heterocycles. The van der Waals surface area contributed by atoms with E-state index in [1.54, 1.807) is 12.1 Å². The Morgan fingerprint density at radius 2 is 1.61 bits per heavy atom. The molecule has 0 aliphatic carbocycles. The van der Waals surface area contributed by atoms with Gasteiger partial charge in [-0.25, -0.2) is 14.8 Å². The van der Waals surface area contributed by atoms with Crippen LogP contribution in [-0.2, 0) is 11.2 Å². The molecule has 0 radical (unpaired) electrons. The molecule has 0 aliphatic rings. The van der Waals surface area contributed by atoms with Gasteiger partial charge in [0.05, 0.1) is 12.2 Å². The maximum absolute atomic E-state index is 12.3. The van der Waals surface area contributed by atoms with Crippen molar-refractivity contribution in [1.29, 1.82) is 0 Å². The minimum absolute atomic E-state index is 0.260. The van der Waals surface area contributed by atoms with Gasteiger partial charge in [0, 0.05) is 18.0 Å². The lowest BCUT2D eigenvalue weighted by molar-refractivity contribution is 0.0483. The normalized spacial score (nSPS) is 12.2. The molecular formula is C27H40N2O2. The molecule has 4 nitrogen and oxygen atoms in total. The Balaban J connectivity index is 1.77. The first-order chi connectivity index (χ1) is 15.0. The summed E-state index contributed by atoms with van der Waals surface area (Å²) in [6.45, 7) is 9.45. The van der Waals surface area contributed by atoms with Crippen LogP contribution in [0.25, 0.3) is 11.4 Å². The molecular weight excluding hydrogens is 384 g/mol. The summed E-state index contributed by atoms with van der Waals surface area (Å²) in [5.41, 5.74) is 2.66. The molecule has 0 saturated carbocycles. The summed E-state index contributed by atoms with van der Waals surface area (Å²) in [6.07, 6.45) is 14.5. The van der Waals surface area contributed by atoms with Crippen LogP contribution in [0.1, 0.15) is 95.0 Å². The zero-order valence-electron chi connectivity index (χ0n) is 19.9. The van der Waals surface area contributed by atoms with Crippen LogP contribution < -0.4 is 0 Å². The van der Waals surface area contributed by atoms with Gasteiger partial charge in [-0.05, 0) is 48.8 Å². The van der Waals surface area contributed by atoms with Gasteiger partial charge in [0.2, 0.25) is 0 Å². The molecule has 2 rings (SSSR count). The number of carbonyl (C=O) groups excluding carboxylic acids is 1. The second kappa shape index (κ2) is 14.0. The van der Waals surface area contributed by atoms with Gasteiger partial charge >= 0.3 is 5.97 Å². The van der Waals surface area contributed by atoms with E-state index in [-0.39, 0.29) is 5.97 Å². The van der Waals surface area contributed by atoms with Gasteiger partial charge in [0.15, 0.2) is 5.82 Å². The fourth-order valence-corrected chi connectivity index (χ4v) is 3.60. The highest BCUT2D eigenvalue weighted by Crippen LogP contribution is 2.18. The lowest BCUT2D eigenvalue weighted by Crippen LogP contribution is -2.09. The van der Waals surface area contributed by atoms with Gasteiger partial charge < -0.3 is 4.74 Å². The minimum Gasteiger partial charge on any atom is -0.462 e. The molecule has 1 aromatic carbocycles. The van der Waals surface area contributed by atoms with E-state index in [4.69, 9.17) is 4.74 Å². The first-order valence-corrected chi connectivity index (χ1v) is 12.1. The fourth-order valence-electron chi connectivity index (χ4n) is 3.60. The van der Waals surface area contributed by atoms with Crippen molar-refractivity contribution in [1.82, 2.24) is 9.97 Å². The minimum atomic E-state index is -0.260. The van der Waals surface area contributed by atoms with Gasteiger partial charge in [-0.15, -0.1) is 0 Å². The molecule has 1 aromatic heterocycles. The van der Waals surface area contributed by atoms with Crippen molar-refractivity contribution in [2.75, 3.05) is 6.61 Å². The maximum Gasteiger partial charge on any atom is 0.338 e. The molecule has 2 aromatic rings. The van der Waals surface area contributed by atoms with E-state index in [1.165, 1.54) is 50.5 Å². The highest BCUT2D eigenvalue weighted by molar-refractivity contribution is 5.89. The van der Waals surface area contributed by atoms with E-state index in [2.05, 4.69) is 37.7 Å². The first kappa shape index (κ1) is 25.0. The van der Waals surface area contributed by atoms with Gasteiger partial charge in [-0.3, -0.25) is 0 Å². The Morgan fingerprint density at radius 3 is 2.26 bits per heavy atom. The molecule has 0 spiro atoms. The van der Waals surface area contributed by atoms with Crippen molar-refractivity contribution >= 4 is 5.97 Å². The van der Waals surface area contributed by atoms with Gasteiger partial charge in [-0.1, -0.05) is 78.4 Å². The Labute approximate surface area is 188 Å². The molecule has 0 aliphatic heterocycles. The Kier molecular flexibility index (Phi) is 11.3. The second-order valence-electron chi connectivity index (χ2n) is 9.16. The molecule has 1 heterocycles. The number of ether oxygens (including phenoxy) is 1. The molecule has 4 heteroatoms. The van der Waals surface area contributed by atoms with Crippen molar-refractivity contribution in [3.8, 4) is 11.4 Å². The summed E-state index contributed by atoms with van der Waals surface area (Å²) in [5.74, 6) is 1.77. The van der Waals surface area contributed by atoms with E-state index < -0.39 is 0 Å². The van der Waals surface area contributed by atoms with Crippen LogP contribution in [0.5, 0.6) is 0 Å². The average Bonchev–Trinajstić information content (AvgIpc) is 2.77. The summed E-state index contributed by atoms with van der Waals surface area (Å²) in [6, 6.07) is 7.38. The van der Waals surface area contributed by atoms with Crippen LogP contribution in [0.15, 0.2) is 36.7 Å². The molecule has 0 bridgehead atoms. The second-order valence-corrected chi connectivity index (χ2v) is 9.16. The van der Waals surface area contributed by atoms with Gasteiger partial charge in [0.25, 0.3) is 0 Å². The summed E-state index contributed by atoms with van der Waals surface area (Å²) in [7, 11) is 0. The lowest BCUT2D eigenvalue weighted by Gasteiger charge is -2.12. The fraction of sp³-hybridized carbons (Fsp3) is 0.593. The lowest BCUT2D eigenvalue weighted by atomic mass is 9.98. The van der Waals surface area contributed by atoms with Crippen molar-refractivity contribution in [2.45, 2.75) is 85.5 Å². The van der Waals surface area contributed by atoms with Crippen molar-refractivity contribution in [2.24, 2.45) is 11.8 Å². The van der Waals surface area contributed by atoms with Crippen molar-refractivity contribution < 1.29 is 9.53 Å². The molecule has 1 unspecified atom stereocenters. The monoisotopic (exact) mass is 424 g/mol. The number of carbonyl (C=O) groups is 1. The van der Waals surface area contributed by atoms with E-state index in [0.29, 0.717) is 23.9 Å². The number of nitrogens with zero attached hydrogens (tertiary/aromatic N) is 2. The number of aryl methyl sites for hydroxylation is 1. The highest BCUT2D eigenvalue weighted by Gasteiger charge is 2.10. The van der Waals surface area contributed by atoms with E-state index in [0.717, 1.165) is 24.3 Å². The number of hydrogen-bond donors (Lipinski definition) is 0. The maximum atomic E-state index is 12.3. The van der Waals surface area contributed by atoms with Crippen LogP contribution in [0.2, 0.25) is 0 Å². The summed E-state index contributed by atoms with van der Waals surface area (Å²) in [4.78, 5) is 21.3. The van der Waals surface area contributed by atoms with E-state index in [1.807, 2.05) is 24.5 Å². The smallest absolute Gasteiger partial charge is 0.338 e. The van der Waals surface area contributed by atoms with Crippen LogP contribution >= 0.6 is 0 Å². The molecule has 31 heavy (non-hydrogen) atoms. The summed E-state index contributed by atoms with van der Waals surface area (Å²) >= 11 is 0. The molecule has 0 fully saturated rings. The van der Waals surface area contributed by atoms with Crippen molar-refractivity contribution in [3.63, 3.8) is 0 Å². The number of esters is 1. The Bertz CT molecular complexity index is 754. The zero-order valence-corrected chi connectivity index (χ0v) is 19.9. The number of hydrogen-bond acceptors (Lipinski definition) is 4. The molecule has 1 atom stereocenters. The predicted octanol–water partition coefficient (Wildman–Crippen LogP) is 7.28. The number of rotatable bonds is 14. The van der Waals surface area contributed by atoms with Crippen molar-refractivity contribution in [3.05, 3.63) is 47.8 Å². The predicted molar refractivity (Wildman–Crippen MR) is 128 cm³/mol. The van der Waals surface area contributed by atoms with Crippen LogP contribution in [0, 0.1) is 11.8 Å². The van der Waals surface area contributed by atoms with Crippen LogP contribution in [0.4, 0.5) is 0 Å². The number of benzene rings is 1. The first-order valence-electron chi connectivity index (χ1n) is 12.1. The zero-order chi connectivity index (χ0) is 22.5. The molecule has 0 N–H and O–H groups in total. The van der Waals surface area contributed by atoms with Gasteiger partial charge in [-0.2, -0.15) is 0 Å². The SMILES string of the molecule is CCCCCCc1cnc(-c2ccc(C(=O)OCCC(C)CCCC(C)C)cc2)nc1. The quantitative estimate of drug-likeness (QED) is 0.236. The summed E-state index contributed by atoms with van der Waals surface area (Å²) in [5, 5.41) is 0. The number of unbranched alkanes of at least 4 members (excludes halogenated alkanes) is 3. The Morgan fingerprint density at radius 1 is 0.903 bits per heavy atom. The Hall–Kier alpha value is -2.23. The largest absolute Gasteiger partial charge is 0.462 e. The third-order valence-electron chi connectivity index (χ3n) is 5.73. The topological polar surface area (TPSA) is 52.1 Å². The number of aromatic nitrogens is 2. The highest BCUT2D eigenvalue weighted by atomic mass is 16.5. The van der Waals surface area contributed by atoms with E-state index in [9.17, 15) is 4.79 Å². The van der Waals surface area contributed by atoms with Crippen LogP contribution in [0.3, 0.4) is 0 Å². The third kappa shape index (κ3) is 9.63. The van der Waals surface area contributed by atoms with E-state index >= 15 is 0 Å². The van der Waals surface area contributed by atoms with Crippen LogP contribution in [-0.4, -0.2) is 22.5 Å². The average molecular weight is 425 g/mol.